The molecule has 4 rings (SSSR count). The van der Waals surface area contributed by atoms with Crippen molar-refractivity contribution in [2.45, 2.75) is 39.5 Å². The van der Waals surface area contributed by atoms with Gasteiger partial charge in [0.2, 0.25) is 0 Å². The Morgan fingerprint density at radius 1 is 0.778 bits per heavy atom. The first-order chi connectivity index (χ1) is 17.5. The van der Waals surface area contributed by atoms with E-state index in [1.165, 1.54) is 0 Å². The summed E-state index contributed by atoms with van der Waals surface area (Å²) in [5.41, 5.74) is 4.04. The van der Waals surface area contributed by atoms with Crippen LogP contribution in [0.5, 0.6) is 17.2 Å². The van der Waals surface area contributed by atoms with Crippen LogP contribution in [0.3, 0.4) is 0 Å². The van der Waals surface area contributed by atoms with Crippen LogP contribution in [0.25, 0.3) is 22.3 Å². The highest BCUT2D eigenvalue weighted by Gasteiger charge is 2.12. The third-order valence-corrected chi connectivity index (χ3v) is 6.57. The molecule has 36 heavy (non-hydrogen) atoms. The maximum absolute atomic E-state index is 12.4. The molecule has 4 heteroatoms. The van der Waals surface area contributed by atoms with Gasteiger partial charge >= 0.3 is 5.97 Å². The molecule has 4 aromatic carbocycles. The molecule has 0 saturated carbocycles. The first-order valence-electron chi connectivity index (χ1n) is 12.5. The number of rotatable bonds is 10. The van der Waals surface area contributed by atoms with Crippen molar-refractivity contribution in [3.05, 3.63) is 102 Å². The SMILES string of the molecule is CCC(C)CCCC(=O)Oc1ccccc1-c1ccc(Oc2ccc(-c3ccc(Cl)cc3)cc2)cc1. The minimum absolute atomic E-state index is 0.187. The van der Waals surface area contributed by atoms with Gasteiger partial charge in [0, 0.05) is 17.0 Å². The number of carbonyl (C=O) groups excluding carboxylic acids is 1. The Morgan fingerprint density at radius 2 is 1.33 bits per heavy atom. The average Bonchev–Trinajstić information content (AvgIpc) is 2.90. The Bertz CT molecular complexity index is 1260. The van der Waals surface area contributed by atoms with Crippen molar-refractivity contribution in [2.24, 2.45) is 5.92 Å². The van der Waals surface area contributed by atoms with Gasteiger partial charge in [0.1, 0.15) is 17.2 Å². The molecule has 0 fully saturated rings. The number of halogens is 1. The molecule has 0 aliphatic rings. The molecule has 0 amide bonds. The zero-order valence-corrected chi connectivity index (χ0v) is 21.5. The molecule has 184 valence electrons. The fraction of sp³-hybridized carbons (Fsp3) is 0.219. The zero-order chi connectivity index (χ0) is 25.3. The van der Waals surface area contributed by atoms with Gasteiger partial charge in [-0.3, -0.25) is 4.79 Å². The maximum Gasteiger partial charge on any atom is 0.311 e. The van der Waals surface area contributed by atoms with Gasteiger partial charge in [-0.25, -0.2) is 0 Å². The molecule has 0 aliphatic carbocycles. The molecule has 1 unspecified atom stereocenters. The average molecular weight is 499 g/mol. The van der Waals surface area contributed by atoms with E-state index in [4.69, 9.17) is 21.1 Å². The van der Waals surface area contributed by atoms with Gasteiger partial charge in [-0.1, -0.05) is 92.9 Å². The predicted octanol–water partition coefficient (Wildman–Crippen LogP) is 9.59. The Balaban J connectivity index is 1.39. The summed E-state index contributed by atoms with van der Waals surface area (Å²) in [5, 5.41) is 0.722. The second-order valence-corrected chi connectivity index (χ2v) is 9.47. The summed E-state index contributed by atoms with van der Waals surface area (Å²) in [6, 6.07) is 31.2. The van der Waals surface area contributed by atoms with Gasteiger partial charge in [0.05, 0.1) is 0 Å². The maximum atomic E-state index is 12.4. The van der Waals surface area contributed by atoms with Crippen molar-refractivity contribution < 1.29 is 14.3 Å². The van der Waals surface area contributed by atoms with E-state index in [2.05, 4.69) is 13.8 Å². The summed E-state index contributed by atoms with van der Waals surface area (Å²) in [6.07, 6.45) is 3.45. The van der Waals surface area contributed by atoms with E-state index in [-0.39, 0.29) is 5.97 Å². The summed E-state index contributed by atoms with van der Waals surface area (Å²) in [5.74, 6) is 2.52. The van der Waals surface area contributed by atoms with Gasteiger partial charge < -0.3 is 9.47 Å². The molecule has 4 aromatic rings. The van der Waals surface area contributed by atoms with Crippen molar-refractivity contribution in [2.75, 3.05) is 0 Å². The number of ether oxygens (including phenoxy) is 2. The molecule has 0 N–H and O–H groups in total. The van der Waals surface area contributed by atoms with Crippen molar-refractivity contribution in [3.8, 4) is 39.5 Å². The fourth-order valence-electron chi connectivity index (χ4n) is 3.96. The van der Waals surface area contributed by atoms with Crippen LogP contribution in [-0.4, -0.2) is 5.97 Å². The van der Waals surface area contributed by atoms with E-state index in [0.29, 0.717) is 18.1 Å². The lowest BCUT2D eigenvalue weighted by molar-refractivity contribution is -0.134. The lowest BCUT2D eigenvalue weighted by Gasteiger charge is -2.12. The number of carbonyl (C=O) groups is 1. The topological polar surface area (TPSA) is 35.5 Å². The van der Waals surface area contributed by atoms with Gasteiger partial charge in [-0.05, 0) is 71.5 Å². The van der Waals surface area contributed by atoms with Gasteiger partial charge in [-0.15, -0.1) is 0 Å². The quantitative estimate of drug-likeness (QED) is 0.161. The molecule has 0 saturated heterocycles. The number of hydrogen-bond donors (Lipinski definition) is 0. The Hall–Kier alpha value is -3.56. The monoisotopic (exact) mass is 498 g/mol. The van der Waals surface area contributed by atoms with Crippen LogP contribution in [0.2, 0.25) is 5.02 Å². The van der Waals surface area contributed by atoms with E-state index < -0.39 is 0 Å². The van der Waals surface area contributed by atoms with E-state index >= 15 is 0 Å². The molecule has 1 atom stereocenters. The minimum atomic E-state index is -0.187. The first kappa shape index (κ1) is 25.5. The molecule has 0 aromatic heterocycles. The predicted molar refractivity (Wildman–Crippen MR) is 148 cm³/mol. The summed E-state index contributed by atoms with van der Waals surface area (Å²) in [4.78, 5) is 12.4. The van der Waals surface area contributed by atoms with Crippen LogP contribution in [0.15, 0.2) is 97.1 Å². The first-order valence-corrected chi connectivity index (χ1v) is 12.8. The lowest BCUT2D eigenvalue weighted by Crippen LogP contribution is -2.09. The highest BCUT2D eigenvalue weighted by atomic mass is 35.5. The second-order valence-electron chi connectivity index (χ2n) is 9.03. The zero-order valence-electron chi connectivity index (χ0n) is 20.7. The second kappa shape index (κ2) is 12.4. The fourth-order valence-corrected chi connectivity index (χ4v) is 4.09. The standard InChI is InChI=1S/C32H31ClO3/c1-3-23(2)7-6-10-32(34)36-31-9-5-4-8-30(31)26-15-21-29(22-16-26)35-28-19-13-25(14-20-28)24-11-17-27(33)18-12-24/h4-5,8-9,11-23H,3,6-7,10H2,1-2H3. The summed E-state index contributed by atoms with van der Waals surface area (Å²) >= 11 is 5.99. The van der Waals surface area contributed by atoms with E-state index in [0.717, 1.165) is 58.0 Å². The molecule has 0 spiro atoms. The number of hydrogen-bond acceptors (Lipinski definition) is 3. The summed E-state index contributed by atoms with van der Waals surface area (Å²) < 4.78 is 11.8. The largest absolute Gasteiger partial charge is 0.457 e. The van der Waals surface area contributed by atoms with E-state index in [1.54, 1.807) is 0 Å². The smallest absolute Gasteiger partial charge is 0.311 e. The summed E-state index contributed by atoms with van der Waals surface area (Å²) in [7, 11) is 0. The number of benzene rings is 4. The molecule has 0 radical (unpaired) electrons. The van der Waals surface area contributed by atoms with E-state index in [9.17, 15) is 4.79 Å². The Morgan fingerprint density at radius 3 is 1.94 bits per heavy atom. The molecule has 0 aliphatic heterocycles. The Kier molecular flexibility index (Phi) is 8.80. The number of para-hydroxylation sites is 1. The highest BCUT2D eigenvalue weighted by molar-refractivity contribution is 6.30. The summed E-state index contributed by atoms with van der Waals surface area (Å²) in [6.45, 7) is 4.39. The van der Waals surface area contributed by atoms with Crippen molar-refractivity contribution in [3.63, 3.8) is 0 Å². The third kappa shape index (κ3) is 6.99. The molecular weight excluding hydrogens is 468 g/mol. The number of esters is 1. The van der Waals surface area contributed by atoms with E-state index in [1.807, 2.05) is 97.1 Å². The third-order valence-electron chi connectivity index (χ3n) is 6.32. The van der Waals surface area contributed by atoms with Crippen LogP contribution >= 0.6 is 11.6 Å². The highest BCUT2D eigenvalue weighted by Crippen LogP contribution is 2.33. The lowest BCUT2D eigenvalue weighted by atomic mass is 10.0. The van der Waals surface area contributed by atoms with Gasteiger partial charge in [0.25, 0.3) is 0 Å². The normalized spacial score (nSPS) is 11.6. The van der Waals surface area contributed by atoms with Crippen LogP contribution in [0.4, 0.5) is 0 Å². The van der Waals surface area contributed by atoms with Crippen LogP contribution in [-0.2, 0) is 4.79 Å². The minimum Gasteiger partial charge on any atom is -0.457 e. The molecule has 0 bridgehead atoms. The Labute approximate surface area is 218 Å². The van der Waals surface area contributed by atoms with Crippen molar-refractivity contribution in [1.29, 1.82) is 0 Å². The van der Waals surface area contributed by atoms with Gasteiger partial charge in [-0.2, -0.15) is 0 Å². The molecule has 3 nitrogen and oxygen atoms in total. The van der Waals surface area contributed by atoms with Gasteiger partial charge in [0.15, 0.2) is 0 Å². The molecular formula is C32H31ClO3. The van der Waals surface area contributed by atoms with Crippen LogP contribution in [0.1, 0.15) is 39.5 Å². The van der Waals surface area contributed by atoms with Crippen LogP contribution in [0, 0.1) is 5.92 Å². The van der Waals surface area contributed by atoms with Crippen molar-refractivity contribution in [1.82, 2.24) is 0 Å². The van der Waals surface area contributed by atoms with Crippen LogP contribution < -0.4 is 9.47 Å². The van der Waals surface area contributed by atoms with Crippen molar-refractivity contribution >= 4 is 17.6 Å². The molecule has 0 heterocycles.